The van der Waals surface area contributed by atoms with Gasteiger partial charge in [0.2, 0.25) is 0 Å². The number of halogens is 3. The summed E-state index contributed by atoms with van der Waals surface area (Å²) in [4.78, 5) is 23.9. The van der Waals surface area contributed by atoms with Crippen molar-refractivity contribution in [3.05, 3.63) is 36.0 Å². The molecule has 10 heteroatoms. The van der Waals surface area contributed by atoms with Crippen LogP contribution in [-0.2, 0) is 18.9 Å². The van der Waals surface area contributed by atoms with Gasteiger partial charge in [0.15, 0.2) is 0 Å². The van der Waals surface area contributed by atoms with Crippen molar-refractivity contribution >= 4 is 33.8 Å². The first-order chi connectivity index (χ1) is 14.6. The maximum Gasteiger partial charge on any atom is 0.490 e. The molecule has 0 aliphatic carbocycles. The van der Waals surface area contributed by atoms with Crippen molar-refractivity contribution in [1.82, 2.24) is 19.4 Å². The van der Waals surface area contributed by atoms with Crippen LogP contribution in [0.5, 0.6) is 0 Å². The smallest absolute Gasteiger partial charge is 0.475 e. The molecule has 168 valence electrons. The molecule has 3 aromatic rings. The maximum atomic E-state index is 12.6. The lowest BCUT2D eigenvalue weighted by Gasteiger charge is -2.14. The van der Waals surface area contributed by atoms with Gasteiger partial charge in [-0.2, -0.15) is 13.2 Å². The van der Waals surface area contributed by atoms with Gasteiger partial charge in [-0.15, -0.1) is 0 Å². The van der Waals surface area contributed by atoms with E-state index in [1.54, 1.807) is 0 Å². The molecule has 0 spiro atoms. The fraction of sp³-hybridized carbons (Fsp3) is 0.429. The molecule has 4 rings (SSSR count). The molecule has 2 aromatic heterocycles. The molecule has 1 saturated heterocycles. The molecule has 1 aromatic carbocycles. The zero-order valence-corrected chi connectivity index (χ0v) is 17.4. The summed E-state index contributed by atoms with van der Waals surface area (Å²) in [7, 11) is 4.03. The minimum absolute atomic E-state index is 0.0111. The average molecular weight is 438 g/mol. The third-order valence-electron chi connectivity index (χ3n) is 5.48. The number of nitrogens with zero attached hydrogens (tertiary/aromatic N) is 3. The van der Waals surface area contributed by atoms with Crippen molar-refractivity contribution in [2.45, 2.75) is 19.0 Å². The highest BCUT2D eigenvalue weighted by Gasteiger charge is 2.38. The number of aliphatic carboxylic acids is 1. The van der Waals surface area contributed by atoms with E-state index in [0.29, 0.717) is 6.54 Å². The molecule has 0 radical (unpaired) electrons. The summed E-state index contributed by atoms with van der Waals surface area (Å²) in [6, 6.07) is 10.3. The van der Waals surface area contributed by atoms with Crippen LogP contribution in [-0.4, -0.2) is 63.4 Å². The molecule has 0 saturated carbocycles. The number of carboxylic acids is 1. The van der Waals surface area contributed by atoms with Crippen molar-refractivity contribution < 1.29 is 27.9 Å². The lowest BCUT2D eigenvalue weighted by atomic mass is 10.2. The van der Waals surface area contributed by atoms with Crippen LogP contribution in [0.2, 0.25) is 0 Å². The van der Waals surface area contributed by atoms with Crippen molar-refractivity contribution in [3.63, 3.8) is 0 Å². The van der Waals surface area contributed by atoms with Gasteiger partial charge in [-0.25, -0.2) is 4.79 Å². The number of carbonyl (C=O) groups is 2. The minimum atomic E-state index is -5.08. The molecule has 3 heterocycles. The number of aryl methyl sites for hydroxylation is 2. The van der Waals surface area contributed by atoms with E-state index in [9.17, 15) is 18.0 Å². The number of rotatable bonds is 4. The molecular weight excluding hydrogens is 413 g/mol. The Morgan fingerprint density at radius 3 is 2.29 bits per heavy atom. The Morgan fingerprint density at radius 2 is 1.68 bits per heavy atom. The van der Waals surface area contributed by atoms with Gasteiger partial charge >= 0.3 is 12.1 Å². The number of carbonyl (C=O) groups excluding carboxylic acids is 1. The van der Waals surface area contributed by atoms with Gasteiger partial charge < -0.3 is 24.5 Å². The molecule has 0 atom stereocenters. The third-order valence-corrected chi connectivity index (χ3v) is 5.48. The molecule has 0 bridgehead atoms. The zero-order valence-electron chi connectivity index (χ0n) is 17.4. The highest BCUT2D eigenvalue weighted by Crippen LogP contribution is 2.30. The first kappa shape index (κ1) is 22.7. The number of para-hydroxylation sites is 1. The Bertz CT molecular complexity index is 1090. The van der Waals surface area contributed by atoms with Gasteiger partial charge in [0.1, 0.15) is 5.69 Å². The van der Waals surface area contributed by atoms with Crippen LogP contribution in [0, 0.1) is 0 Å². The van der Waals surface area contributed by atoms with E-state index in [1.165, 1.54) is 23.7 Å². The molecule has 1 aliphatic rings. The Balaban J connectivity index is 0.000000339. The second-order valence-corrected chi connectivity index (χ2v) is 7.51. The Hall–Kier alpha value is -3.01. The number of nitrogens with one attached hydrogen (secondary N) is 1. The lowest BCUT2D eigenvalue weighted by molar-refractivity contribution is -0.192. The van der Waals surface area contributed by atoms with E-state index in [1.807, 2.05) is 29.8 Å². The van der Waals surface area contributed by atoms with E-state index < -0.39 is 12.1 Å². The van der Waals surface area contributed by atoms with Crippen LogP contribution in [0.4, 0.5) is 13.2 Å². The van der Waals surface area contributed by atoms with Gasteiger partial charge in [-0.1, -0.05) is 18.2 Å². The highest BCUT2D eigenvalue weighted by atomic mass is 19.4. The Morgan fingerprint density at radius 1 is 1.06 bits per heavy atom. The molecule has 31 heavy (non-hydrogen) atoms. The third kappa shape index (κ3) is 4.84. The number of fused-ring (bicyclic) bond motifs is 3. The normalized spacial score (nSPS) is 14.6. The number of hydrogen-bond donors (Lipinski definition) is 2. The first-order valence-electron chi connectivity index (χ1n) is 9.94. The fourth-order valence-corrected chi connectivity index (χ4v) is 3.90. The zero-order chi connectivity index (χ0) is 22.8. The second-order valence-electron chi connectivity index (χ2n) is 7.51. The van der Waals surface area contributed by atoms with Crippen molar-refractivity contribution in [3.8, 4) is 0 Å². The van der Waals surface area contributed by atoms with E-state index in [-0.39, 0.29) is 5.91 Å². The number of benzene rings is 1. The van der Waals surface area contributed by atoms with Crippen LogP contribution in [0.25, 0.3) is 21.9 Å². The van der Waals surface area contributed by atoms with E-state index >= 15 is 0 Å². The molecule has 7 nitrogen and oxygen atoms in total. The van der Waals surface area contributed by atoms with Crippen LogP contribution in [0.1, 0.15) is 23.3 Å². The number of hydrogen-bond acceptors (Lipinski definition) is 3. The molecule has 1 aliphatic heterocycles. The average Bonchev–Trinajstić information content (AvgIpc) is 3.40. The van der Waals surface area contributed by atoms with Crippen molar-refractivity contribution in [2.75, 3.05) is 26.2 Å². The predicted octanol–water partition coefficient (Wildman–Crippen LogP) is 3.13. The van der Waals surface area contributed by atoms with Crippen LogP contribution < -0.4 is 5.32 Å². The molecule has 1 fully saturated rings. The number of amides is 1. The van der Waals surface area contributed by atoms with Gasteiger partial charge in [0, 0.05) is 32.6 Å². The standard InChI is InChI=1S/C19H24N4O.C2HF3O2/c1-21-15-8-4-3-7-14(15)18-16(21)13-17(22(18)2)19(24)20-9-12-23-10-5-6-11-23;3-2(4,5)1(6)7/h3-4,7-8,13H,5-6,9-12H2,1-2H3,(H,20,24);(H,6,7). The van der Waals surface area contributed by atoms with Gasteiger partial charge in [0.05, 0.1) is 16.6 Å². The van der Waals surface area contributed by atoms with Crippen LogP contribution in [0.3, 0.4) is 0 Å². The van der Waals surface area contributed by atoms with E-state index in [0.717, 1.165) is 36.4 Å². The monoisotopic (exact) mass is 438 g/mol. The molecular formula is C21H25F3N4O3. The summed E-state index contributed by atoms with van der Waals surface area (Å²) >= 11 is 0. The summed E-state index contributed by atoms with van der Waals surface area (Å²) in [6.07, 6.45) is -2.52. The number of aromatic nitrogens is 2. The summed E-state index contributed by atoms with van der Waals surface area (Å²) in [5.74, 6) is -2.75. The molecule has 1 amide bonds. The van der Waals surface area contributed by atoms with Crippen molar-refractivity contribution in [1.29, 1.82) is 0 Å². The first-order valence-corrected chi connectivity index (χ1v) is 9.94. The number of carboxylic acid groups (broad SMARTS) is 1. The molecule has 0 unspecified atom stereocenters. The predicted molar refractivity (Wildman–Crippen MR) is 111 cm³/mol. The van der Waals surface area contributed by atoms with Crippen molar-refractivity contribution in [2.24, 2.45) is 14.1 Å². The summed E-state index contributed by atoms with van der Waals surface area (Å²) in [5, 5.41) is 11.4. The lowest BCUT2D eigenvalue weighted by Crippen LogP contribution is -2.34. The summed E-state index contributed by atoms with van der Waals surface area (Å²) in [6.45, 7) is 3.98. The highest BCUT2D eigenvalue weighted by molar-refractivity contribution is 6.10. The number of alkyl halides is 3. The summed E-state index contributed by atoms with van der Waals surface area (Å²) in [5.41, 5.74) is 4.14. The van der Waals surface area contributed by atoms with E-state index in [2.05, 4.69) is 34.0 Å². The largest absolute Gasteiger partial charge is 0.490 e. The maximum absolute atomic E-state index is 12.6. The summed E-state index contributed by atoms with van der Waals surface area (Å²) < 4.78 is 35.9. The SMILES string of the molecule is Cn1c(C(=O)NCCN2CCCC2)cc2c1c1ccccc1n2C.O=C(O)C(F)(F)F. The minimum Gasteiger partial charge on any atom is -0.475 e. The number of likely N-dealkylation sites (tertiary alicyclic amines) is 1. The van der Waals surface area contributed by atoms with Gasteiger partial charge in [-0.05, 0) is 38.1 Å². The quantitative estimate of drug-likeness (QED) is 0.656. The van der Waals surface area contributed by atoms with Crippen LogP contribution in [0.15, 0.2) is 30.3 Å². The van der Waals surface area contributed by atoms with Gasteiger partial charge in [0.25, 0.3) is 5.91 Å². The van der Waals surface area contributed by atoms with Crippen LogP contribution >= 0.6 is 0 Å². The Kier molecular flexibility index (Phi) is 6.59. The fourth-order valence-electron chi connectivity index (χ4n) is 3.90. The molecule has 2 N–H and O–H groups in total. The topological polar surface area (TPSA) is 79.5 Å². The Labute approximate surface area is 177 Å². The van der Waals surface area contributed by atoms with E-state index in [4.69, 9.17) is 9.90 Å². The van der Waals surface area contributed by atoms with Gasteiger partial charge in [-0.3, -0.25) is 4.79 Å². The second kappa shape index (κ2) is 9.01.